The van der Waals surface area contributed by atoms with E-state index in [1.54, 1.807) is 0 Å². The van der Waals surface area contributed by atoms with Crippen LogP contribution in [0.2, 0.25) is 0 Å². The number of anilines is 1. The van der Waals surface area contributed by atoms with Gasteiger partial charge in [0.2, 0.25) is 5.91 Å². The third-order valence-corrected chi connectivity index (χ3v) is 3.35. The van der Waals surface area contributed by atoms with Crippen LogP contribution in [-0.2, 0) is 4.79 Å². The summed E-state index contributed by atoms with van der Waals surface area (Å²) in [6, 6.07) is 8.44. The number of primary amides is 1. The SMILES string of the molecule is CCN(CCC(NC(C)C)C(N)=O)c1ccc(C)cc1. The first kappa shape index (κ1) is 16.5. The summed E-state index contributed by atoms with van der Waals surface area (Å²) in [5, 5.41) is 3.22. The topological polar surface area (TPSA) is 58.4 Å². The predicted molar refractivity (Wildman–Crippen MR) is 84.9 cm³/mol. The van der Waals surface area contributed by atoms with Crippen molar-refractivity contribution >= 4 is 11.6 Å². The first-order chi connectivity index (χ1) is 9.43. The summed E-state index contributed by atoms with van der Waals surface area (Å²) in [7, 11) is 0. The van der Waals surface area contributed by atoms with Crippen LogP contribution in [-0.4, -0.2) is 31.1 Å². The Morgan fingerprint density at radius 1 is 1.30 bits per heavy atom. The molecule has 0 aliphatic rings. The molecule has 0 aromatic heterocycles. The van der Waals surface area contributed by atoms with E-state index in [1.165, 1.54) is 11.3 Å². The fourth-order valence-electron chi connectivity index (χ4n) is 2.22. The number of hydrogen-bond donors (Lipinski definition) is 2. The third kappa shape index (κ3) is 5.21. The number of carbonyl (C=O) groups is 1. The molecule has 0 heterocycles. The lowest BCUT2D eigenvalue weighted by molar-refractivity contribution is -0.120. The molecule has 0 radical (unpaired) electrons. The van der Waals surface area contributed by atoms with Gasteiger partial charge in [-0.2, -0.15) is 0 Å². The predicted octanol–water partition coefficient (Wildman–Crippen LogP) is 2.06. The maximum Gasteiger partial charge on any atom is 0.234 e. The minimum atomic E-state index is -0.279. The van der Waals surface area contributed by atoms with Crippen LogP contribution in [0.3, 0.4) is 0 Å². The molecular weight excluding hydrogens is 250 g/mol. The minimum absolute atomic E-state index is 0.252. The molecule has 0 fully saturated rings. The second-order valence-corrected chi connectivity index (χ2v) is 5.48. The Kier molecular flexibility index (Phi) is 6.52. The van der Waals surface area contributed by atoms with Crippen LogP contribution in [0, 0.1) is 6.92 Å². The molecule has 1 amide bonds. The normalized spacial score (nSPS) is 12.4. The van der Waals surface area contributed by atoms with Crippen molar-refractivity contribution in [1.29, 1.82) is 0 Å². The number of nitrogens with zero attached hydrogens (tertiary/aromatic N) is 1. The number of benzene rings is 1. The van der Waals surface area contributed by atoms with Crippen molar-refractivity contribution < 1.29 is 4.79 Å². The van der Waals surface area contributed by atoms with Gasteiger partial charge in [-0.05, 0) is 32.4 Å². The number of nitrogens with two attached hydrogens (primary N) is 1. The largest absolute Gasteiger partial charge is 0.372 e. The van der Waals surface area contributed by atoms with E-state index in [2.05, 4.69) is 48.3 Å². The fraction of sp³-hybridized carbons (Fsp3) is 0.562. The maximum atomic E-state index is 11.5. The van der Waals surface area contributed by atoms with E-state index >= 15 is 0 Å². The molecule has 0 spiro atoms. The van der Waals surface area contributed by atoms with Crippen molar-refractivity contribution in [2.24, 2.45) is 5.73 Å². The van der Waals surface area contributed by atoms with Gasteiger partial charge in [0.05, 0.1) is 6.04 Å². The average Bonchev–Trinajstić information content (AvgIpc) is 2.39. The van der Waals surface area contributed by atoms with Gasteiger partial charge in [0.15, 0.2) is 0 Å². The van der Waals surface area contributed by atoms with Crippen molar-refractivity contribution in [2.45, 2.75) is 46.2 Å². The number of hydrogen-bond acceptors (Lipinski definition) is 3. The van der Waals surface area contributed by atoms with Crippen LogP contribution in [0.1, 0.15) is 32.8 Å². The highest BCUT2D eigenvalue weighted by molar-refractivity contribution is 5.79. The van der Waals surface area contributed by atoms with Crippen molar-refractivity contribution in [3.05, 3.63) is 29.8 Å². The van der Waals surface area contributed by atoms with Crippen LogP contribution in [0.15, 0.2) is 24.3 Å². The van der Waals surface area contributed by atoms with Crippen molar-refractivity contribution in [1.82, 2.24) is 5.32 Å². The molecule has 1 atom stereocenters. The summed E-state index contributed by atoms with van der Waals surface area (Å²) < 4.78 is 0. The lowest BCUT2D eigenvalue weighted by Gasteiger charge is -2.26. The maximum absolute atomic E-state index is 11.5. The molecule has 20 heavy (non-hydrogen) atoms. The lowest BCUT2D eigenvalue weighted by atomic mass is 10.1. The fourth-order valence-corrected chi connectivity index (χ4v) is 2.22. The first-order valence-electron chi connectivity index (χ1n) is 7.31. The van der Waals surface area contributed by atoms with Gasteiger partial charge in [-0.15, -0.1) is 0 Å². The van der Waals surface area contributed by atoms with E-state index < -0.39 is 0 Å². The van der Waals surface area contributed by atoms with E-state index in [9.17, 15) is 4.79 Å². The molecule has 4 nitrogen and oxygen atoms in total. The van der Waals surface area contributed by atoms with Gasteiger partial charge >= 0.3 is 0 Å². The molecule has 0 aliphatic carbocycles. The van der Waals surface area contributed by atoms with Crippen LogP contribution in [0.25, 0.3) is 0 Å². The van der Waals surface area contributed by atoms with E-state index in [1.807, 2.05) is 13.8 Å². The van der Waals surface area contributed by atoms with Gasteiger partial charge in [0, 0.05) is 24.8 Å². The van der Waals surface area contributed by atoms with Crippen LogP contribution in [0.4, 0.5) is 5.69 Å². The zero-order valence-electron chi connectivity index (χ0n) is 13.0. The van der Waals surface area contributed by atoms with Gasteiger partial charge in [-0.1, -0.05) is 31.5 Å². The molecule has 0 bridgehead atoms. The summed E-state index contributed by atoms with van der Waals surface area (Å²) in [5.41, 5.74) is 7.89. The summed E-state index contributed by atoms with van der Waals surface area (Å²) in [4.78, 5) is 13.7. The number of nitrogens with one attached hydrogen (secondary N) is 1. The molecule has 112 valence electrons. The summed E-state index contributed by atoms with van der Waals surface area (Å²) >= 11 is 0. The molecule has 0 saturated heterocycles. The van der Waals surface area contributed by atoms with Gasteiger partial charge in [-0.3, -0.25) is 4.79 Å². The van der Waals surface area contributed by atoms with Gasteiger partial charge in [0.25, 0.3) is 0 Å². The zero-order valence-corrected chi connectivity index (χ0v) is 13.0. The Morgan fingerprint density at radius 2 is 1.90 bits per heavy atom. The zero-order chi connectivity index (χ0) is 15.1. The van der Waals surface area contributed by atoms with Gasteiger partial charge in [0.1, 0.15) is 0 Å². The lowest BCUT2D eigenvalue weighted by Crippen LogP contribution is -2.46. The quantitative estimate of drug-likeness (QED) is 0.764. The molecule has 1 aromatic carbocycles. The highest BCUT2D eigenvalue weighted by atomic mass is 16.1. The second kappa shape index (κ2) is 7.90. The van der Waals surface area contributed by atoms with Gasteiger partial charge in [-0.25, -0.2) is 0 Å². The highest BCUT2D eigenvalue weighted by Crippen LogP contribution is 2.15. The smallest absolute Gasteiger partial charge is 0.234 e. The van der Waals surface area contributed by atoms with Crippen LogP contribution < -0.4 is 16.0 Å². The van der Waals surface area contributed by atoms with Crippen LogP contribution >= 0.6 is 0 Å². The highest BCUT2D eigenvalue weighted by Gasteiger charge is 2.17. The molecule has 1 rings (SSSR count). The summed E-state index contributed by atoms with van der Waals surface area (Å²) in [5.74, 6) is -0.279. The minimum Gasteiger partial charge on any atom is -0.372 e. The molecule has 0 aliphatic heterocycles. The molecule has 0 saturated carbocycles. The molecular formula is C16H27N3O. The standard InChI is InChI=1S/C16H27N3O/c1-5-19(14-8-6-13(4)7-9-14)11-10-15(16(17)20)18-12(2)3/h6-9,12,15,18H,5,10-11H2,1-4H3,(H2,17,20). The Bertz CT molecular complexity index is 414. The number of amides is 1. The van der Waals surface area contributed by atoms with Crippen molar-refractivity contribution in [3.63, 3.8) is 0 Å². The first-order valence-corrected chi connectivity index (χ1v) is 7.31. The van der Waals surface area contributed by atoms with E-state index in [0.717, 1.165) is 19.5 Å². The number of aryl methyl sites for hydroxylation is 1. The van der Waals surface area contributed by atoms with E-state index in [0.29, 0.717) is 0 Å². The van der Waals surface area contributed by atoms with E-state index in [4.69, 9.17) is 5.73 Å². The molecule has 4 heteroatoms. The Balaban J connectivity index is 2.63. The monoisotopic (exact) mass is 277 g/mol. The number of rotatable bonds is 8. The van der Waals surface area contributed by atoms with Crippen molar-refractivity contribution in [3.8, 4) is 0 Å². The Hall–Kier alpha value is -1.55. The molecule has 3 N–H and O–H groups in total. The Morgan fingerprint density at radius 3 is 2.35 bits per heavy atom. The Labute approximate surface area is 122 Å². The second-order valence-electron chi connectivity index (χ2n) is 5.48. The molecule has 1 aromatic rings. The van der Waals surface area contributed by atoms with Crippen molar-refractivity contribution in [2.75, 3.05) is 18.0 Å². The summed E-state index contributed by atoms with van der Waals surface area (Å²) in [6.07, 6.45) is 0.717. The van der Waals surface area contributed by atoms with Crippen LogP contribution in [0.5, 0.6) is 0 Å². The van der Waals surface area contributed by atoms with E-state index in [-0.39, 0.29) is 18.0 Å². The summed E-state index contributed by atoms with van der Waals surface area (Å²) in [6.45, 7) is 9.97. The number of carbonyl (C=O) groups excluding carboxylic acids is 1. The third-order valence-electron chi connectivity index (χ3n) is 3.35. The molecule has 1 unspecified atom stereocenters. The van der Waals surface area contributed by atoms with Gasteiger partial charge < -0.3 is 16.0 Å². The average molecular weight is 277 g/mol.